The fourth-order valence-electron chi connectivity index (χ4n) is 2.21. The number of benzene rings is 1. The Morgan fingerprint density at radius 3 is 2.68 bits per heavy atom. The van der Waals surface area contributed by atoms with E-state index < -0.39 is 0 Å². The molecular weight excluding hydrogens is 262 g/mol. The Labute approximate surface area is 120 Å². The van der Waals surface area contributed by atoms with Gasteiger partial charge in [-0.3, -0.25) is 0 Å². The van der Waals surface area contributed by atoms with E-state index in [1.807, 2.05) is 12.1 Å². The highest BCUT2D eigenvalue weighted by Gasteiger charge is 2.20. The fourth-order valence-corrected chi connectivity index (χ4v) is 2.51. The second kappa shape index (κ2) is 7.01. The maximum absolute atomic E-state index is 6.32. The van der Waals surface area contributed by atoms with Crippen molar-refractivity contribution in [3.63, 3.8) is 0 Å². The van der Waals surface area contributed by atoms with Gasteiger partial charge in [0.15, 0.2) is 11.5 Å². The van der Waals surface area contributed by atoms with Crippen LogP contribution in [-0.2, 0) is 6.54 Å². The Morgan fingerprint density at radius 2 is 2.05 bits per heavy atom. The summed E-state index contributed by atoms with van der Waals surface area (Å²) in [5.74, 6) is 2.29. The van der Waals surface area contributed by atoms with E-state index in [0.29, 0.717) is 16.5 Å². The van der Waals surface area contributed by atoms with Crippen LogP contribution in [-0.4, -0.2) is 20.8 Å². The highest BCUT2D eigenvalue weighted by atomic mass is 35.5. The summed E-state index contributed by atoms with van der Waals surface area (Å²) in [6.07, 6.45) is 5.46. The van der Waals surface area contributed by atoms with Crippen molar-refractivity contribution in [1.82, 2.24) is 5.32 Å². The summed E-state index contributed by atoms with van der Waals surface area (Å²) in [5, 5.41) is 4.07. The van der Waals surface area contributed by atoms with Crippen molar-refractivity contribution in [1.29, 1.82) is 0 Å². The van der Waals surface area contributed by atoms with Gasteiger partial charge in [0.25, 0.3) is 0 Å². The first-order chi connectivity index (χ1) is 9.26. The van der Waals surface area contributed by atoms with E-state index in [-0.39, 0.29) is 0 Å². The molecule has 1 aromatic rings. The Hall–Kier alpha value is -0.930. The molecule has 0 atom stereocenters. The molecule has 2 rings (SSSR count). The summed E-state index contributed by atoms with van der Waals surface area (Å²) >= 11 is 6.32. The molecule has 0 heterocycles. The van der Waals surface area contributed by atoms with Gasteiger partial charge in [0.05, 0.1) is 19.2 Å². The highest BCUT2D eigenvalue weighted by molar-refractivity contribution is 6.33. The zero-order chi connectivity index (χ0) is 13.7. The topological polar surface area (TPSA) is 30.5 Å². The van der Waals surface area contributed by atoms with Gasteiger partial charge in [-0.15, -0.1) is 0 Å². The van der Waals surface area contributed by atoms with Crippen LogP contribution in [0.5, 0.6) is 11.5 Å². The van der Waals surface area contributed by atoms with Gasteiger partial charge in [-0.05, 0) is 36.9 Å². The monoisotopic (exact) mass is 283 g/mol. The molecule has 4 heteroatoms. The number of ether oxygens (including phenoxy) is 2. The van der Waals surface area contributed by atoms with Gasteiger partial charge in [0.1, 0.15) is 0 Å². The second-order valence-corrected chi connectivity index (χ2v) is 5.41. The Kier molecular flexibility index (Phi) is 5.34. The molecule has 106 valence electrons. The molecule has 0 amide bonds. The van der Waals surface area contributed by atoms with Gasteiger partial charge in [0.2, 0.25) is 0 Å². The molecule has 3 nitrogen and oxygen atoms in total. The smallest absolute Gasteiger partial charge is 0.179 e. The predicted molar refractivity (Wildman–Crippen MR) is 78.2 cm³/mol. The van der Waals surface area contributed by atoms with Gasteiger partial charge in [-0.2, -0.15) is 0 Å². The first kappa shape index (κ1) is 14.5. The summed E-state index contributed by atoms with van der Waals surface area (Å²) in [5.41, 5.74) is 1.05. The molecule has 1 saturated carbocycles. The first-order valence-electron chi connectivity index (χ1n) is 6.86. The molecule has 0 aliphatic heterocycles. The maximum Gasteiger partial charge on any atom is 0.179 e. The molecule has 1 N–H and O–H groups in total. The van der Waals surface area contributed by atoms with E-state index in [1.54, 1.807) is 14.2 Å². The van der Waals surface area contributed by atoms with Crippen molar-refractivity contribution in [2.45, 2.75) is 32.2 Å². The quantitative estimate of drug-likeness (QED) is 0.739. The minimum absolute atomic E-state index is 0.612. The summed E-state index contributed by atoms with van der Waals surface area (Å²) in [6, 6.07) is 3.88. The van der Waals surface area contributed by atoms with Gasteiger partial charge >= 0.3 is 0 Å². The maximum atomic E-state index is 6.32. The molecule has 0 spiro atoms. The zero-order valence-corrected chi connectivity index (χ0v) is 12.4. The molecule has 0 radical (unpaired) electrons. The third-order valence-electron chi connectivity index (χ3n) is 3.54. The highest BCUT2D eigenvalue weighted by Crippen LogP contribution is 2.37. The second-order valence-electron chi connectivity index (χ2n) is 5.04. The van der Waals surface area contributed by atoms with Crippen molar-refractivity contribution in [2.24, 2.45) is 5.92 Å². The molecule has 1 aliphatic carbocycles. The van der Waals surface area contributed by atoms with E-state index in [9.17, 15) is 0 Å². The molecule has 19 heavy (non-hydrogen) atoms. The van der Waals surface area contributed by atoms with Crippen molar-refractivity contribution in [3.05, 3.63) is 22.7 Å². The number of rotatable bonds is 8. The normalized spacial score (nSPS) is 14.5. The minimum Gasteiger partial charge on any atom is -0.493 e. The molecule has 0 saturated heterocycles. The van der Waals surface area contributed by atoms with Gasteiger partial charge in [-0.25, -0.2) is 0 Å². The van der Waals surface area contributed by atoms with E-state index in [2.05, 4.69) is 5.32 Å². The number of nitrogens with one attached hydrogen (secondary N) is 1. The molecule has 0 unspecified atom stereocenters. The third kappa shape index (κ3) is 4.02. The van der Waals surface area contributed by atoms with E-state index >= 15 is 0 Å². The number of methoxy groups -OCH3 is 2. The van der Waals surface area contributed by atoms with Crippen molar-refractivity contribution < 1.29 is 9.47 Å². The van der Waals surface area contributed by atoms with Crippen LogP contribution in [0.25, 0.3) is 0 Å². The van der Waals surface area contributed by atoms with Gasteiger partial charge < -0.3 is 14.8 Å². The molecule has 0 aromatic heterocycles. The molecular formula is C15H22ClNO2. The van der Waals surface area contributed by atoms with Gasteiger partial charge in [0, 0.05) is 6.54 Å². The van der Waals surface area contributed by atoms with Crippen molar-refractivity contribution >= 4 is 11.6 Å². The van der Waals surface area contributed by atoms with Crippen LogP contribution in [0.4, 0.5) is 0 Å². The zero-order valence-electron chi connectivity index (χ0n) is 11.7. The van der Waals surface area contributed by atoms with Crippen LogP contribution in [0.15, 0.2) is 12.1 Å². The lowest BCUT2D eigenvalue weighted by molar-refractivity contribution is 0.354. The SMILES string of the molecule is COc1ccc(CNCCCC2CC2)c(Cl)c1OC. The minimum atomic E-state index is 0.612. The van der Waals surface area contributed by atoms with Crippen LogP contribution in [0, 0.1) is 5.92 Å². The lowest BCUT2D eigenvalue weighted by Crippen LogP contribution is -2.15. The largest absolute Gasteiger partial charge is 0.493 e. The number of hydrogen-bond acceptors (Lipinski definition) is 3. The Bertz CT molecular complexity index is 419. The van der Waals surface area contributed by atoms with Gasteiger partial charge in [-0.1, -0.05) is 30.5 Å². The fraction of sp³-hybridized carbons (Fsp3) is 0.600. The standard InChI is InChI=1S/C15H22ClNO2/c1-18-13-8-7-12(14(16)15(13)19-2)10-17-9-3-4-11-5-6-11/h7-8,11,17H,3-6,9-10H2,1-2H3. The third-order valence-corrected chi connectivity index (χ3v) is 3.96. The molecule has 1 aliphatic rings. The predicted octanol–water partition coefficient (Wildman–Crippen LogP) is 3.64. The molecule has 1 fully saturated rings. The van der Waals surface area contributed by atoms with E-state index in [1.165, 1.54) is 25.7 Å². The van der Waals surface area contributed by atoms with E-state index in [0.717, 1.165) is 24.6 Å². The van der Waals surface area contributed by atoms with Crippen LogP contribution in [0.3, 0.4) is 0 Å². The Balaban J connectivity index is 1.84. The van der Waals surface area contributed by atoms with Crippen molar-refractivity contribution in [3.8, 4) is 11.5 Å². The number of halogens is 1. The number of hydrogen-bond donors (Lipinski definition) is 1. The average molecular weight is 284 g/mol. The van der Waals surface area contributed by atoms with E-state index in [4.69, 9.17) is 21.1 Å². The average Bonchev–Trinajstić information content (AvgIpc) is 3.23. The molecule has 1 aromatic carbocycles. The summed E-state index contributed by atoms with van der Waals surface area (Å²) in [4.78, 5) is 0. The lowest BCUT2D eigenvalue weighted by Gasteiger charge is -2.13. The van der Waals surface area contributed by atoms with Crippen LogP contribution in [0.1, 0.15) is 31.2 Å². The Morgan fingerprint density at radius 1 is 1.26 bits per heavy atom. The lowest BCUT2D eigenvalue weighted by atomic mass is 10.2. The van der Waals surface area contributed by atoms with Crippen molar-refractivity contribution in [2.75, 3.05) is 20.8 Å². The summed E-state index contributed by atoms with van der Waals surface area (Å²) in [7, 11) is 3.22. The van der Waals surface area contributed by atoms with Crippen LogP contribution >= 0.6 is 11.6 Å². The first-order valence-corrected chi connectivity index (χ1v) is 7.24. The summed E-state index contributed by atoms with van der Waals surface area (Å²) in [6.45, 7) is 1.81. The molecule has 0 bridgehead atoms. The summed E-state index contributed by atoms with van der Waals surface area (Å²) < 4.78 is 10.5. The van der Waals surface area contributed by atoms with Crippen LogP contribution in [0.2, 0.25) is 5.02 Å². The van der Waals surface area contributed by atoms with Crippen LogP contribution < -0.4 is 14.8 Å².